The first-order chi connectivity index (χ1) is 4.24. The van der Waals surface area contributed by atoms with Crippen LogP contribution in [0, 0.1) is 0 Å². The van der Waals surface area contributed by atoms with Gasteiger partial charge in [-0.2, -0.15) is 0 Å². The van der Waals surface area contributed by atoms with Crippen LogP contribution in [0.25, 0.3) is 0 Å². The summed E-state index contributed by atoms with van der Waals surface area (Å²) >= 11 is 5.25. The van der Waals surface area contributed by atoms with E-state index in [9.17, 15) is 9.59 Å². The lowest BCUT2D eigenvalue weighted by Gasteiger charge is -1.94. The minimum Gasteiger partial charge on any atom is -0.375 e. The van der Waals surface area contributed by atoms with E-state index >= 15 is 0 Å². The zero-order chi connectivity index (χ0) is 6.85. The lowest BCUT2D eigenvalue weighted by atomic mass is 10.4. The lowest BCUT2D eigenvalue weighted by Crippen LogP contribution is -2.29. The standard InChI is InChI=1S/C4H4ClNO3/c5-1-2-3(7)9-4(8)6-2/h2H,1H2,(H,6,8)/t2-/m1/s1. The van der Waals surface area contributed by atoms with Crippen molar-refractivity contribution >= 4 is 23.7 Å². The Bertz CT molecular complexity index is 158. The molecule has 1 fully saturated rings. The van der Waals surface area contributed by atoms with Crippen molar-refractivity contribution in [2.75, 3.05) is 5.88 Å². The molecule has 1 rings (SSSR count). The van der Waals surface area contributed by atoms with E-state index in [0.29, 0.717) is 0 Å². The average Bonchev–Trinajstić information content (AvgIpc) is 2.10. The monoisotopic (exact) mass is 149 g/mol. The Morgan fingerprint density at radius 3 is 2.56 bits per heavy atom. The van der Waals surface area contributed by atoms with Crippen molar-refractivity contribution < 1.29 is 14.3 Å². The van der Waals surface area contributed by atoms with E-state index in [1.54, 1.807) is 0 Å². The summed E-state index contributed by atoms with van der Waals surface area (Å²) in [5.41, 5.74) is 0. The van der Waals surface area contributed by atoms with Gasteiger partial charge in [0.05, 0.1) is 5.88 Å². The molecule has 0 unspecified atom stereocenters. The summed E-state index contributed by atoms with van der Waals surface area (Å²) in [5, 5.41) is 2.21. The molecule has 1 N–H and O–H groups in total. The van der Waals surface area contributed by atoms with Gasteiger partial charge in [-0.15, -0.1) is 11.6 Å². The molecular formula is C4H4ClNO3. The van der Waals surface area contributed by atoms with E-state index in [0.717, 1.165) is 0 Å². The molecule has 4 nitrogen and oxygen atoms in total. The summed E-state index contributed by atoms with van der Waals surface area (Å²) in [7, 11) is 0. The van der Waals surface area contributed by atoms with Gasteiger partial charge >= 0.3 is 12.1 Å². The van der Waals surface area contributed by atoms with Gasteiger partial charge in [0.15, 0.2) is 0 Å². The minimum absolute atomic E-state index is 0.0601. The Kier molecular flexibility index (Phi) is 1.57. The van der Waals surface area contributed by atoms with Crippen molar-refractivity contribution in [2.24, 2.45) is 0 Å². The molecule has 0 aromatic heterocycles. The summed E-state index contributed by atoms with van der Waals surface area (Å²) in [6.45, 7) is 0. The molecule has 0 aliphatic carbocycles. The second-order valence-electron chi connectivity index (χ2n) is 1.56. The number of ether oxygens (including phenoxy) is 1. The van der Waals surface area contributed by atoms with Crippen LogP contribution in [0.3, 0.4) is 0 Å². The number of amides is 1. The Morgan fingerprint density at radius 1 is 1.67 bits per heavy atom. The molecule has 9 heavy (non-hydrogen) atoms. The van der Waals surface area contributed by atoms with Crippen molar-refractivity contribution in [1.82, 2.24) is 5.32 Å². The van der Waals surface area contributed by atoms with Gasteiger partial charge in [-0.05, 0) is 0 Å². The summed E-state index contributed by atoms with van der Waals surface area (Å²) in [4.78, 5) is 20.6. The maximum Gasteiger partial charge on any atom is 0.415 e. The molecule has 1 aliphatic rings. The number of nitrogens with one attached hydrogen (secondary N) is 1. The number of cyclic esters (lactones) is 2. The predicted octanol–water partition coefficient (Wildman–Crippen LogP) is -0.140. The van der Waals surface area contributed by atoms with Crippen LogP contribution < -0.4 is 5.32 Å². The van der Waals surface area contributed by atoms with Crippen molar-refractivity contribution in [1.29, 1.82) is 0 Å². The van der Waals surface area contributed by atoms with Gasteiger partial charge < -0.3 is 10.1 Å². The van der Waals surface area contributed by atoms with Gasteiger partial charge in [-0.3, -0.25) is 0 Å². The van der Waals surface area contributed by atoms with E-state index in [1.807, 2.05) is 0 Å². The number of esters is 1. The normalized spacial score (nSPS) is 25.7. The summed E-state index contributed by atoms with van der Waals surface area (Å²) < 4.78 is 4.09. The molecule has 1 aliphatic heterocycles. The first kappa shape index (κ1) is 6.35. The quantitative estimate of drug-likeness (QED) is 0.321. The van der Waals surface area contributed by atoms with Crippen LogP contribution in [0.4, 0.5) is 4.79 Å². The molecule has 0 spiro atoms. The van der Waals surface area contributed by atoms with Gasteiger partial charge in [0.2, 0.25) is 0 Å². The maximum absolute atomic E-state index is 10.4. The third-order valence-corrected chi connectivity index (χ3v) is 1.23. The number of hydrogen-bond donors (Lipinski definition) is 1. The first-order valence-electron chi connectivity index (χ1n) is 2.32. The fourth-order valence-electron chi connectivity index (χ4n) is 0.495. The fourth-order valence-corrected chi connectivity index (χ4v) is 0.698. The highest BCUT2D eigenvalue weighted by molar-refractivity contribution is 6.20. The van der Waals surface area contributed by atoms with Crippen LogP contribution in [0.1, 0.15) is 0 Å². The smallest absolute Gasteiger partial charge is 0.375 e. The van der Waals surface area contributed by atoms with E-state index in [1.165, 1.54) is 0 Å². The second-order valence-corrected chi connectivity index (χ2v) is 1.87. The molecule has 5 heteroatoms. The van der Waals surface area contributed by atoms with Crippen LogP contribution in [0.5, 0.6) is 0 Å². The number of alkyl carbamates (subject to hydrolysis) is 1. The van der Waals surface area contributed by atoms with Gasteiger partial charge in [0.1, 0.15) is 6.04 Å². The van der Waals surface area contributed by atoms with Gasteiger partial charge in [-0.25, -0.2) is 9.59 Å². The number of carbonyl (C=O) groups is 2. The number of alkyl halides is 1. The molecule has 50 valence electrons. The third kappa shape index (κ3) is 1.13. The van der Waals surface area contributed by atoms with Crippen molar-refractivity contribution in [3.05, 3.63) is 0 Å². The molecule has 0 radical (unpaired) electrons. The summed E-state index contributed by atoms with van der Waals surface area (Å²) in [6.07, 6.45) is -0.717. The lowest BCUT2D eigenvalue weighted by molar-refractivity contribution is -0.134. The van der Waals surface area contributed by atoms with Gasteiger partial charge in [0, 0.05) is 0 Å². The number of rotatable bonds is 1. The SMILES string of the molecule is O=C1N[C@H](CCl)C(=O)O1. The summed E-state index contributed by atoms with van der Waals surface area (Å²) in [6, 6.07) is -0.654. The van der Waals surface area contributed by atoms with Crippen molar-refractivity contribution in [2.45, 2.75) is 6.04 Å². The Balaban J connectivity index is 2.58. The predicted molar refractivity (Wildman–Crippen MR) is 29.1 cm³/mol. The molecular weight excluding hydrogens is 146 g/mol. The number of hydrogen-bond acceptors (Lipinski definition) is 3. The molecule has 0 bridgehead atoms. The minimum atomic E-state index is -0.717. The highest BCUT2D eigenvalue weighted by atomic mass is 35.5. The van der Waals surface area contributed by atoms with E-state index in [-0.39, 0.29) is 5.88 Å². The second kappa shape index (κ2) is 2.23. The van der Waals surface area contributed by atoms with E-state index in [2.05, 4.69) is 10.1 Å². The topological polar surface area (TPSA) is 55.4 Å². The average molecular weight is 150 g/mol. The van der Waals surface area contributed by atoms with Crippen molar-refractivity contribution in [3.63, 3.8) is 0 Å². The zero-order valence-corrected chi connectivity index (χ0v) is 5.14. The molecule has 1 saturated heterocycles. The molecule has 0 saturated carbocycles. The third-order valence-electron chi connectivity index (χ3n) is 0.924. The van der Waals surface area contributed by atoms with E-state index in [4.69, 9.17) is 11.6 Å². The zero-order valence-electron chi connectivity index (χ0n) is 4.39. The first-order valence-corrected chi connectivity index (χ1v) is 2.85. The number of carbonyl (C=O) groups excluding carboxylic acids is 2. The van der Waals surface area contributed by atoms with Crippen LogP contribution in [-0.2, 0) is 9.53 Å². The van der Waals surface area contributed by atoms with Crippen LogP contribution in [-0.4, -0.2) is 24.0 Å². The number of halogens is 1. The molecule has 0 aromatic carbocycles. The largest absolute Gasteiger partial charge is 0.415 e. The van der Waals surface area contributed by atoms with Crippen LogP contribution in [0.2, 0.25) is 0 Å². The van der Waals surface area contributed by atoms with Crippen molar-refractivity contribution in [3.8, 4) is 0 Å². The van der Waals surface area contributed by atoms with Crippen LogP contribution >= 0.6 is 11.6 Å². The summed E-state index contributed by atoms with van der Waals surface area (Å²) in [5.74, 6) is -0.542. The molecule has 1 amide bonds. The molecule has 1 heterocycles. The molecule has 0 aromatic rings. The Morgan fingerprint density at radius 2 is 2.33 bits per heavy atom. The Labute approximate surface area is 56.1 Å². The van der Waals surface area contributed by atoms with Gasteiger partial charge in [0.25, 0.3) is 0 Å². The maximum atomic E-state index is 10.4. The van der Waals surface area contributed by atoms with Gasteiger partial charge in [-0.1, -0.05) is 0 Å². The van der Waals surface area contributed by atoms with E-state index < -0.39 is 18.1 Å². The highest BCUT2D eigenvalue weighted by Crippen LogP contribution is 2.00. The molecule has 1 atom stereocenters. The highest BCUT2D eigenvalue weighted by Gasteiger charge is 2.31. The van der Waals surface area contributed by atoms with Crippen LogP contribution in [0.15, 0.2) is 0 Å². The Hall–Kier alpha value is -0.770. The fraction of sp³-hybridized carbons (Fsp3) is 0.500.